The lowest BCUT2D eigenvalue weighted by Gasteiger charge is -2.17. The molecule has 1 N–H and O–H groups in total. The highest BCUT2D eigenvalue weighted by Crippen LogP contribution is 2.26. The van der Waals surface area contributed by atoms with Crippen molar-refractivity contribution in [3.05, 3.63) is 39.6 Å². The summed E-state index contributed by atoms with van der Waals surface area (Å²) in [5.41, 5.74) is 1.20. The van der Waals surface area contributed by atoms with Crippen molar-refractivity contribution in [1.29, 1.82) is 0 Å². The maximum absolute atomic E-state index is 5.96. The molecule has 92 valence electrons. The van der Waals surface area contributed by atoms with Gasteiger partial charge in [0.15, 0.2) is 0 Å². The third-order valence-corrected chi connectivity index (χ3v) is 3.95. The standard InChI is InChI=1S/C12H16ClN3S/c1-3-15-10(11-7-14-8-16(11)2)6-9-4-5-12(13)17-9/h4-5,7-8,10,15H,3,6H2,1-2H3. The molecule has 17 heavy (non-hydrogen) atoms. The van der Waals surface area contributed by atoms with Gasteiger partial charge >= 0.3 is 0 Å². The number of likely N-dealkylation sites (N-methyl/N-ethyl adjacent to an activating group) is 1. The van der Waals surface area contributed by atoms with Gasteiger partial charge < -0.3 is 9.88 Å². The highest BCUT2D eigenvalue weighted by Gasteiger charge is 2.15. The molecule has 0 bridgehead atoms. The summed E-state index contributed by atoms with van der Waals surface area (Å²) < 4.78 is 2.91. The van der Waals surface area contributed by atoms with Crippen molar-refractivity contribution in [2.75, 3.05) is 6.54 Å². The van der Waals surface area contributed by atoms with Crippen LogP contribution in [-0.2, 0) is 13.5 Å². The molecule has 2 rings (SSSR count). The van der Waals surface area contributed by atoms with Crippen LogP contribution in [0.15, 0.2) is 24.7 Å². The number of hydrogen-bond acceptors (Lipinski definition) is 3. The van der Waals surface area contributed by atoms with Crippen molar-refractivity contribution in [3.63, 3.8) is 0 Å². The predicted octanol–water partition coefficient (Wildman–Crippen LogP) is 3.03. The lowest BCUT2D eigenvalue weighted by atomic mass is 10.1. The molecular formula is C12H16ClN3S. The number of nitrogens with one attached hydrogen (secondary N) is 1. The summed E-state index contributed by atoms with van der Waals surface area (Å²) in [4.78, 5) is 5.47. The molecule has 0 radical (unpaired) electrons. The fourth-order valence-electron chi connectivity index (χ4n) is 1.89. The second kappa shape index (κ2) is 5.67. The molecule has 0 fully saturated rings. The zero-order valence-corrected chi connectivity index (χ0v) is 11.6. The van der Waals surface area contributed by atoms with Gasteiger partial charge in [-0.15, -0.1) is 11.3 Å². The van der Waals surface area contributed by atoms with E-state index in [1.807, 2.05) is 25.6 Å². The van der Waals surface area contributed by atoms with E-state index in [1.165, 1.54) is 10.6 Å². The van der Waals surface area contributed by atoms with E-state index >= 15 is 0 Å². The van der Waals surface area contributed by atoms with Crippen LogP contribution in [0.3, 0.4) is 0 Å². The minimum absolute atomic E-state index is 0.294. The molecule has 3 nitrogen and oxygen atoms in total. The number of aromatic nitrogens is 2. The van der Waals surface area contributed by atoms with Crippen LogP contribution in [0.1, 0.15) is 23.5 Å². The third-order valence-electron chi connectivity index (χ3n) is 2.70. The molecule has 2 heterocycles. The molecule has 0 amide bonds. The summed E-state index contributed by atoms with van der Waals surface area (Å²) in [5.74, 6) is 0. The molecule has 0 aliphatic rings. The van der Waals surface area contributed by atoms with Gasteiger partial charge in [-0.2, -0.15) is 0 Å². The minimum atomic E-state index is 0.294. The van der Waals surface area contributed by atoms with Gasteiger partial charge in [-0.3, -0.25) is 0 Å². The Labute approximate surface area is 110 Å². The van der Waals surface area contributed by atoms with Crippen LogP contribution in [0, 0.1) is 0 Å². The fourth-order valence-corrected chi connectivity index (χ4v) is 3.03. The van der Waals surface area contributed by atoms with Crippen LogP contribution < -0.4 is 5.32 Å². The van der Waals surface area contributed by atoms with Crippen LogP contribution in [0.4, 0.5) is 0 Å². The lowest BCUT2D eigenvalue weighted by molar-refractivity contribution is 0.524. The second-order valence-electron chi connectivity index (χ2n) is 3.95. The van der Waals surface area contributed by atoms with E-state index in [4.69, 9.17) is 11.6 Å². The Morgan fingerprint density at radius 2 is 2.35 bits per heavy atom. The van der Waals surface area contributed by atoms with E-state index in [2.05, 4.69) is 27.9 Å². The van der Waals surface area contributed by atoms with Crippen LogP contribution in [0.5, 0.6) is 0 Å². The first kappa shape index (κ1) is 12.6. The number of thiophene rings is 1. The average molecular weight is 270 g/mol. The number of hydrogen-bond donors (Lipinski definition) is 1. The van der Waals surface area contributed by atoms with Crippen LogP contribution in [0.25, 0.3) is 0 Å². The van der Waals surface area contributed by atoms with E-state index in [1.54, 1.807) is 11.3 Å². The highest BCUT2D eigenvalue weighted by molar-refractivity contribution is 7.16. The first-order valence-electron chi connectivity index (χ1n) is 5.64. The van der Waals surface area contributed by atoms with Crippen molar-refractivity contribution in [2.45, 2.75) is 19.4 Å². The van der Waals surface area contributed by atoms with E-state index < -0.39 is 0 Å². The number of halogens is 1. The number of nitrogens with zero attached hydrogens (tertiary/aromatic N) is 2. The van der Waals surface area contributed by atoms with Gasteiger partial charge in [0.2, 0.25) is 0 Å². The van der Waals surface area contributed by atoms with E-state index in [0.717, 1.165) is 17.3 Å². The zero-order valence-electron chi connectivity index (χ0n) is 9.98. The van der Waals surface area contributed by atoms with Crippen molar-refractivity contribution >= 4 is 22.9 Å². The first-order valence-corrected chi connectivity index (χ1v) is 6.84. The molecule has 2 aromatic rings. The SMILES string of the molecule is CCNC(Cc1ccc(Cl)s1)c1cncn1C. The number of imidazole rings is 1. The minimum Gasteiger partial charge on any atom is -0.336 e. The monoisotopic (exact) mass is 269 g/mol. The normalized spacial score (nSPS) is 12.9. The van der Waals surface area contributed by atoms with E-state index in [-0.39, 0.29) is 0 Å². The summed E-state index contributed by atoms with van der Waals surface area (Å²) in [6, 6.07) is 4.34. The molecule has 0 saturated heterocycles. The maximum Gasteiger partial charge on any atom is 0.0946 e. The van der Waals surface area contributed by atoms with E-state index in [9.17, 15) is 0 Å². The average Bonchev–Trinajstić information content (AvgIpc) is 2.87. The molecule has 1 unspecified atom stereocenters. The predicted molar refractivity (Wildman–Crippen MR) is 72.7 cm³/mol. The summed E-state index contributed by atoms with van der Waals surface area (Å²) in [6.45, 7) is 3.06. The van der Waals surface area contributed by atoms with Crippen molar-refractivity contribution in [1.82, 2.24) is 14.9 Å². The number of aryl methyl sites for hydroxylation is 1. The highest BCUT2D eigenvalue weighted by atomic mass is 35.5. The van der Waals surface area contributed by atoms with Gasteiger partial charge in [-0.1, -0.05) is 18.5 Å². The van der Waals surface area contributed by atoms with Gasteiger partial charge in [-0.05, 0) is 18.7 Å². The Morgan fingerprint density at radius 3 is 2.88 bits per heavy atom. The topological polar surface area (TPSA) is 29.9 Å². The molecule has 1 atom stereocenters. The number of rotatable bonds is 5. The fraction of sp³-hybridized carbons (Fsp3) is 0.417. The molecule has 0 spiro atoms. The van der Waals surface area contributed by atoms with Crippen LogP contribution >= 0.6 is 22.9 Å². The van der Waals surface area contributed by atoms with Crippen molar-refractivity contribution < 1.29 is 0 Å². The quantitative estimate of drug-likeness (QED) is 0.904. The Balaban J connectivity index is 2.15. The Morgan fingerprint density at radius 1 is 1.53 bits per heavy atom. The molecular weight excluding hydrogens is 254 g/mol. The van der Waals surface area contributed by atoms with Gasteiger partial charge in [0.1, 0.15) is 0 Å². The molecule has 0 aliphatic heterocycles. The summed E-state index contributed by atoms with van der Waals surface area (Å²) in [5, 5.41) is 3.49. The van der Waals surface area contributed by atoms with Crippen LogP contribution in [-0.4, -0.2) is 16.1 Å². The van der Waals surface area contributed by atoms with Gasteiger partial charge in [0, 0.05) is 24.5 Å². The smallest absolute Gasteiger partial charge is 0.0946 e. The largest absolute Gasteiger partial charge is 0.336 e. The van der Waals surface area contributed by atoms with Crippen molar-refractivity contribution in [3.8, 4) is 0 Å². The maximum atomic E-state index is 5.96. The molecule has 0 aliphatic carbocycles. The molecule has 0 aromatic carbocycles. The third kappa shape index (κ3) is 3.09. The van der Waals surface area contributed by atoms with Gasteiger partial charge in [0.05, 0.1) is 22.4 Å². The Hall–Kier alpha value is -0.840. The zero-order chi connectivity index (χ0) is 12.3. The Bertz CT molecular complexity index is 478. The Kier molecular flexibility index (Phi) is 4.20. The van der Waals surface area contributed by atoms with Gasteiger partial charge in [0.25, 0.3) is 0 Å². The second-order valence-corrected chi connectivity index (χ2v) is 5.75. The molecule has 2 aromatic heterocycles. The van der Waals surface area contributed by atoms with E-state index in [0.29, 0.717) is 6.04 Å². The molecule has 0 saturated carbocycles. The van der Waals surface area contributed by atoms with Crippen molar-refractivity contribution in [2.24, 2.45) is 7.05 Å². The van der Waals surface area contributed by atoms with Crippen LogP contribution in [0.2, 0.25) is 4.34 Å². The summed E-state index contributed by atoms with van der Waals surface area (Å²) in [6.07, 6.45) is 4.70. The molecule has 5 heteroatoms. The summed E-state index contributed by atoms with van der Waals surface area (Å²) >= 11 is 7.60. The lowest BCUT2D eigenvalue weighted by Crippen LogP contribution is -2.24. The summed E-state index contributed by atoms with van der Waals surface area (Å²) in [7, 11) is 2.02. The van der Waals surface area contributed by atoms with Gasteiger partial charge in [-0.25, -0.2) is 4.98 Å². The first-order chi connectivity index (χ1) is 8.20.